The van der Waals surface area contributed by atoms with E-state index in [0.29, 0.717) is 18.8 Å². The fraction of sp³-hybridized carbons (Fsp3) is 0.652. The van der Waals surface area contributed by atoms with Crippen LogP contribution in [-0.2, 0) is 19.6 Å². The van der Waals surface area contributed by atoms with Gasteiger partial charge in [0.15, 0.2) is 0 Å². The predicted octanol–water partition coefficient (Wildman–Crippen LogP) is 2.48. The molecule has 4 rings (SSSR count). The minimum Gasteiger partial charge on any atom is -0.358 e. The molecule has 1 aromatic carbocycles. The average Bonchev–Trinajstić information content (AvgIpc) is 2.75. The fourth-order valence-electron chi connectivity index (χ4n) is 4.92. The van der Waals surface area contributed by atoms with Crippen LogP contribution in [0.15, 0.2) is 23.1 Å². The number of fused-ring (bicyclic) bond motifs is 3. The van der Waals surface area contributed by atoms with Crippen LogP contribution < -0.4 is 15.1 Å². The fourth-order valence-corrected chi connectivity index (χ4v) is 6.45. The summed E-state index contributed by atoms with van der Waals surface area (Å²) in [5.41, 5.74) is 0.917. The second-order valence-corrected chi connectivity index (χ2v) is 12.0. The highest BCUT2D eigenvalue weighted by Crippen LogP contribution is 2.41. The molecule has 1 atom stereocenters. The molecule has 3 aliphatic heterocycles. The first-order chi connectivity index (χ1) is 15.1. The van der Waals surface area contributed by atoms with Crippen LogP contribution in [-0.4, -0.2) is 62.3 Å². The Bertz CT molecular complexity index is 996. The van der Waals surface area contributed by atoms with E-state index in [0.717, 1.165) is 50.8 Å². The maximum Gasteiger partial charge on any atom is 0.250 e. The first kappa shape index (κ1) is 23.0. The molecule has 176 valence electrons. The molecule has 0 aliphatic carbocycles. The van der Waals surface area contributed by atoms with Gasteiger partial charge in [-0.2, -0.15) is 4.31 Å². The maximum atomic E-state index is 13.4. The van der Waals surface area contributed by atoms with Gasteiger partial charge in [-0.25, -0.2) is 8.42 Å². The van der Waals surface area contributed by atoms with Crippen LogP contribution >= 0.6 is 0 Å². The topological polar surface area (TPSA) is 90.0 Å². The number of piperidine rings is 2. The van der Waals surface area contributed by atoms with Crippen molar-refractivity contribution >= 4 is 33.2 Å². The molecule has 1 aromatic rings. The molecule has 1 N–H and O–H groups in total. The Balaban J connectivity index is 1.72. The minimum atomic E-state index is -3.65. The highest BCUT2D eigenvalue weighted by atomic mass is 32.2. The number of nitrogens with zero attached hydrogens (tertiary/aromatic N) is 3. The van der Waals surface area contributed by atoms with Gasteiger partial charge in [0.05, 0.1) is 16.3 Å². The number of hydrogen-bond donors (Lipinski definition) is 1. The van der Waals surface area contributed by atoms with Crippen LogP contribution in [0.4, 0.5) is 11.4 Å². The number of sulfonamides is 1. The lowest BCUT2D eigenvalue weighted by Crippen LogP contribution is -2.58. The third kappa shape index (κ3) is 4.50. The molecule has 9 heteroatoms. The average molecular weight is 463 g/mol. The second kappa shape index (κ2) is 8.67. The number of carbonyl (C=O) groups is 2. The monoisotopic (exact) mass is 462 g/mol. The number of nitrogens with one attached hydrogen (secondary N) is 1. The molecule has 0 aromatic heterocycles. The molecule has 0 saturated carbocycles. The van der Waals surface area contributed by atoms with E-state index in [1.165, 1.54) is 9.21 Å². The largest absolute Gasteiger partial charge is 0.358 e. The molecule has 2 amide bonds. The summed E-state index contributed by atoms with van der Waals surface area (Å²) < 4.78 is 28.1. The van der Waals surface area contributed by atoms with Crippen LogP contribution in [0.3, 0.4) is 0 Å². The summed E-state index contributed by atoms with van der Waals surface area (Å²) in [7, 11) is -3.65. The van der Waals surface area contributed by atoms with Crippen molar-refractivity contribution in [3.8, 4) is 0 Å². The van der Waals surface area contributed by atoms with Gasteiger partial charge in [-0.05, 0) is 71.1 Å². The molecule has 3 heterocycles. The standard InChI is InChI=1S/C23H34N4O4S/c1-23(2,3)24-21(28)16-27-20-15-17(32(30,31)25-12-6-4-7-13-25)10-11-18(20)26-14-8-5-9-19(26)22(27)29/h10-11,15,19H,4-9,12-14,16H2,1-3H3,(H,24,28). The summed E-state index contributed by atoms with van der Waals surface area (Å²) in [6, 6.07) is 4.75. The van der Waals surface area contributed by atoms with Crippen LogP contribution in [0.2, 0.25) is 0 Å². The van der Waals surface area contributed by atoms with E-state index in [9.17, 15) is 18.0 Å². The SMILES string of the molecule is CC(C)(C)NC(=O)CN1C(=O)C2CCCCN2c2ccc(S(=O)(=O)N3CCCCC3)cc21. The van der Waals surface area contributed by atoms with E-state index < -0.39 is 15.6 Å². The molecule has 32 heavy (non-hydrogen) atoms. The normalized spacial score (nSPS) is 22.3. The van der Waals surface area contributed by atoms with E-state index in [1.54, 1.807) is 12.1 Å². The third-order valence-corrected chi connectivity index (χ3v) is 8.26. The van der Waals surface area contributed by atoms with Gasteiger partial charge in [0.25, 0.3) is 0 Å². The van der Waals surface area contributed by atoms with E-state index in [1.807, 2.05) is 26.8 Å². The van der Waals surface area contributed by atoms with Crippen LogP contribution in [0.25, 0.3) is 0 Å². The lowest BCUT2D eigenvalue weighted by atomic mass is 9.96. The van der Waals surface area contributed by atoms with Gasteiger partial charge >= 0.3 is 0 Å². The van der Waals surface area contributed by atoms with E-state index in [4.69, 9.17) is 0 Å². The Morgan fingerprint density at radius 2 is 1.72 bits per heavy atom. The van der Waals surface area contributed by atoms with Gasteiger partial charge in [0.1, 0.15) is 12.6 Å². The summed E-state index contributed by atoms with van der Waals surface area (Å²) in [5.74, 6) is -0.390. The number of hydrogen-bond acceptors (Lipinski definition) is 5. The molecule has 0 bridgehead atoms. The molecular weight excluding hydrogens is 428 g/mol. The molecule has 1 unspecified atom stereocenters. The number of amides is 2. The lowest BCUT2D eigenvalue weighted by molar-refractivity contribution is -0.125. The van der Waals surface area contributed by atoms with Gasteiger partial charge in [0.2, 0.25) is 21.8 Å². The van der Waals surface area contributed by atoms with Crippen LogP contribution in [0.5, 0.6) is 0 Å². The third-order valence-electron chi connectivity index (χ3n) is 6.37. The smallest absolute Gasteiger partial charge is 0.250 e. The van der Waals surface area contributed by atoms with Gasteiger partial charge in [-0.3, -0.25) is 14.5 Å². The van der Waals surface area contributed by atoms with Crippen molar-refractivity contribution in [2.45, 2.75) is 75.8 Å². The van der Waals surface area contributed by atoms with Crippen molar-refractivity contribution in [2.24, 2.45) is 0 Å². The summed E-state index contributed by atoms with van der Waals surface area (Å²) in [6.45, 7) is 7.34. The molecular formula is C23H34N4O4S. The first-order valence-corrected chi connectivity index (χ1v) is 13.1. The first-order valence-electron chi connectivity index (χ1n) is 11.6. The van der Waals surface area contributed by atoms with Crippen LogP contribution in [0, 0.1) is 0 Å². The Morgan fingerprint density at radius 3 is 2.41 bits per heavy atom. The Hall–Kier alpha value is -2.13. The lowest BCUT2D eigenvalue weighted by Gasteiger charge is -2.45. The van der Waals surface area contributed by atoms with Crippen LogP contribution in [0.1, 0.15) is 59.3 Å². The van der Waals surface area contributed by atoms with Gasteiger partial charge < -0.3 is 10.2 Å². The zero-order valence-corrected chi connectivity index (χ0v) is 20.1. The Morgan fingerprint density at radius 1 is 1.03 bits per heavy atom. The summed E-state index contributed by atoms with van der Waals surface area (Å²) in [5, 5.41) is 2.91. The second-order valence-electron chi connectivity index (χ2n) is 10.0. The molecule has 3 aliphatic rings. The van der Waals surface area contributed by atoms with Crippen molar-refractivity contribution < 1.29 is 18.0 Å². The number of carbonyl (C=O) groups excluding carboxylic acids is 2. The molecule has 2 saturated heterocycles. The summed E-state index contributed by atoms with van der Waals surface area (Å²) in [6.07, 6.45) is 5.45. The minimum absolute atomic E-state index is 0.124. The van der Waals surface area contributed by atoms with Crippen molar-refractivity contribution in [1.82, 2.24) is 9.62 Å². The summed E-state index contributed by atoms with van der Waals surface area (Å²) >= 11 is 0. The zero-order valence-electron chi connectivity index (χ0n) is 19.3. The summed E-state index contributed by atoms with van der Waals surface area (Å²) in [4.78, 5) is 29.9. The molecule has 2 fully saturated rings. The predicted molar refractivity (Wildman–Crippen MR) is 124 cm³/mol. The Kier molecular flexibility index (Phi) is 6.24. The van der Waals surface area contributed by atoms with E-state index in [2.05, 4.69) is 10.2 Å². The highest BCUT2D eigenvalue weighted by molar-refractivity contribution is 7.89. The van der Waals surface area contributed by atoms with Gasteiger partial charge in [-0.1, -0.05) is 6.42 Å². The van der Waals surface area contributed by atoms with Crippen molar-refractivity contribution in [1.29, 1.82) is 0 Å². The molecule has 0 radical (unpaired) electrons. The van der Waals surface area contributed by atoms with Crippen molar-refractivity contribution in [3.05, 3.63) is 18.2 Å². The number of anilines is 2. The van der Waals surface area contributed by atoms with E-state index >= 15 is 0 Å². The molecule has 0 spiro atoms. The zero-order chi connectivity index (χ0) is 23.1. The number of rotatable bonds is 4. The number of benzene rings is 1. The van der Waals surface area contributed by atoms with Crippen molar-refractivity contribution in [2.75, 3.05) is 36.0 Å². The van der Waals surface area contributed by atoms with E-state index in [-0.39, 0.29) is 29.3 Å². The Labute approximate surface area is 191 Å². The molecule has 8 nitrogen and oxygen atoms in total. The quantitative estimate of drug-likeness (QED) is 0.743. The van der Waals surface area contributed by atoms with Gasteiger partial charge in [-0.15, -0.1) is 0 Å². The maximum absolute atomic E-state index is 13.4. The highest BCUT2D eigenvalue weighted by Gasteiger charge is 2.41. The van der Waals surface area contributed by atoms with Crippen molar-refractivity contribution in [3.63, 3.8) is 0 Å². The van der Waals surface area contributed by atoms with Gasteiger partial charge in [0, 0.05) is 25.2 Å².